The van der Waals surface area contributed by atoms with Crippen molar-refractivity contribution < 1.29 is 14.6 Å². The Labute approximate surface area is 156 Å². The van der Waals surface area contributed by atoms with Crippen molar-refractivity contribution in [3.05, 3.63) is 33.1 Å². The van der Waals surface area contributed by atoms with Crippen molar-refractivity contribution in [2.45, 2.75) is 45.6 Å². The van der Waals surface area contributed by atoms with E-state index >= 15 is 0 Å². The smallest absolute Gasteiger partial charge is 0.449 e. The van der Waals surface area contributed by atoms with Crippen LogP contribution in [-0.4, -0.2) is 28.9 Å². The lowest BCUT2D eigenvalue weighted by Crippen LogP contribution is -2.23. The number of hydrogen-bond acceptors (Lipinski definition) is 5. The maximum atomic E-state index is 13.0. The highest BCUT2D eigenvalue weighted by atomic mass is 16.7. The van der Waals surface area contributed by atoms with Crippen LogP contribution >= 0.6 is 0 Å². The number of carbonyl (C=O) groups is 1. The van der Waals surface area contributed by atoms with Crippen LogP contribution in [0.15, 0.2) is 11.0 Å². The van der Waals surface area contributed by atoms with Crippen molar-refractivity contribution in [3.63, 3.8) is 0 Å². The standard InChI is InChI=1S/C20H21N3O4/c1-11-12(2)17(22-7-3-4-8-22)14(9-21)18-16(11)19(24)15(27-20(25)26)10-23(18)13-5-6-13/h10,13H,3-8H2,1-2H3,(H,25,26). The lowest BCUT2D eigenvalue weighted by molar-refractivity contribution is 0.143. The number of hydrogen-bond donors (Lipinski definition) is 1. The van der Waals surface area contributed by atoms with Gasteiger partial charge in [0.25, 0.3) is 0 Å². The van der Waals surface area contributed by atoms with Gasteiger partial charge in [0.05, 0.1) is 22.8 Å². The highest BCUT2D eigenvalue weighted by Gasteiger charge is 2.31. The lowest BCUT2D eigenvalue weighted by Gasteiger charge is -2.26. The number of ether oxygens (including phenoxy) is 1. The third-order valence-corrected chi connectivity index (χ3v) is 5.64. The molecule has 27 heavy (non-hydrogen) atoms. The first kappa shape index (κ1) is 17.4. The monoisotopic (exact) mass is 367 g/mol. The zero-order valence-corrected chi connectivity index (χ0v) is 15.4. The molecule has 4 rings (SSSR count). The largest absolute Gasteiger partial charge is 0.511 e. The number of rotatable bonds is 3. The van der Waals surface area contributed by atoms with Crippen molar-refractivity contribution in [1.82, 2.24) is 4.57 Å². The van der Waals surface area contributed by atoms with E-state index in [1.165, 1.54) is 6.20 Å². The van der Waals surface area contributed by atoms with E-state index in [2.05, 4.69) is 11.0 Å². The molecule has 0 radical (unpaired) electrons. The molecule has 1 N–H and O–H groups in total. The predicted octanol–water partition coefficient (Wildman–Crippen LogP) is 3.48. The van der Waals surface area contributed by atoms with E-state index in [0.29, 0.717) is 16.5 Å². The van der Waals surface area contributed by atoms with Gasteiger partial charge in [0, 0.05) is 19.1 Å². The second-order valence-electron chi connectivity index (χ2n) is 7.33. The summed E-state index contributed by atoms with van der Waals surface area (Å²) < 4.78 is 6.63. The molecule has 1 aliphatic carbocycles. The molecule has 0 spiro atoms. The van der Waals surface area contributed by atoms with Crippen molar-refractivity contribution in [2.75, 3.05) is 18.0 Å². The van der Waals surface area contributed by atoms with E-state index in [1.807, 2.05) is 18.4 Å². The topological polar surface area (TPSA) is 95.6 Å². The van der Waals surface area contributed by atoms with Crippen LogP contribution in [0.5, 0.6) is 5.75 Å². The molecular weight excluding hydrogens is 346 g/mol. The number of aryl methyl sites for hydroxylation is 1. The van der Waals surface area contributed by atoms with Crippen LogP contribution in [0.4, 0.5) is 10.5 Å². The van der Waals surface area contributed by atoms with E-state index in [4.69, 9.17) is 9.84 Å². The molecule has 1 aromatic heterocycles. The fraction of sp³-hybridized carbons (Fsp3) is 0.450. The Morgan fingerprint density at radius 1 is 1.26 bits per heavy atom. The highest BCUT2D eigenvalue weighted by molar-refractivity contribution is 5.96. The number of nitriles is 1. The molecule has 0 bridgehead atoms. The van der Waals surface area contributed by atoms with Crippen LogP contribution in [-0.2, 0) is 0 Å². The van der Waals surface area contributed by atoms with E-state index in [-0.39, 0.29) is 11.8 Å². The van der Waals surface area contributed by atoms with Gasteiger partial charge >= 0.3 is 6.16 Å². The van der Waals surface area contributed by atoms with Gasteiger partial charge in [0.2, 0.25) is 5.43 Å². The number of carboxylic acid groups (broad SMARTS) is 1. The molecule has 140 valence electrons. The Morgan fingerprint density at radius 2 is 1.93 bits per heavy atom. The molecule has 2 aliphatic rings. The molecule has 1 saturated carbocycles. The number of anilines is 1. The van der Waals surface area contributed by atoms with Crippen molar-refractivity contribution >= 4 is 22.7 Å². The zero-order chi connectivity index (χ0) is 19.3. The second kappa shape index (κ2) is 6.31. The maximum Gasteiger partial charge on any atom is 0.511 e. The molecule has 0 atom stereocenters. The first-order chi connectivity index (χ1) is 12.9. The van der Waals surface area contributed by atoms with Crippen molar-refractivity contribution in [3.8, 4) is 11.8 Å². The number of pyridine rings is 1. The van der Waals surface area contributed by atoms with Gasteiger partial charge in [-0.15, -0.1) is 0 Å². The van der Waals surface area contributed by atoms with Gasteiger partial charge in [-0.25, -0.2) is 4.79 Å². The van der Waals surface area contributed by atoms with E-state index < -0.39 is 11.6 Å². The summed E-state index contributed by atoms with van der Waals surface area (Å²) >= 11 is 0. The summed E-state index contributed by atoms with van der Waals surface area (Å²) in [7, 11) is 0. The molecule has 7 heteroatoms. The SMILES string of the molecule is Cc1c(N2CCCC2)c(C#N)c2c(c1C)c(=O)c(OC(=O)O)cn2C1CC1. The van der Waals surface area contributed by atoms with Gasteiger partial charge in [-0.1, -0.05) is 0 Å². The average molecular weight is 367 g/mol. The van der Waals surface area contributed by atoms with Gasteiger partial charge in [0.1, 0.15) is 11.6 Å². The van der Waals surface area contributed by atoms with Crippen molar-refractivity contribution in [2.24, 2.45) is 0 Å². The summed E-state index contributed by atoms with van der Waals surface area (Å²) in [4.78, 5) is 26.3. The van der Waals surface area contributed by atoms with Crippen LogP contribution < -0.4 is 15.1 Å². The molecule has 2 fully saturated rings. The highest BCUT2D eigenvalue weighted by Crippen LogP contribution is 2.42. The average Bonchev–Trinajstić information content (AvgIpc) is 3.33. The van der Waals surface area contributed by atoms with E-state index in [0.717, 1.165) is 55.6 Å². The van der Waals surface area contributed by atoms with E-state index in [9.17, 15) is 14.9 Å². The normalized spacial score (nSPS) is 16.6. The maximum absolute atomic E-state index is 13.0. The molecular formula is C20H21N3O4. The number of benzene rings is 1. The Hall–Kier alpha value is -3.01. The number of aromatic nitrogens is 1. The first-order valence-electron chi connectivity index (χ1n) is 9.21. The molecule has 0 amide bonds. The third kappa shape index (κ3) is 2.72. The Balaban J connectivity index is 2.12. The van der Waals surface area contributed by atoms with E-state index in [1.54, 1.807) is 0 Å². The Morgan fingerprint density at radius 3 is 2.48 bits per heavy atom. The minimum atomic E-state index is -1.52. The van der Waals surface area contributed by atoms with Crippen LogP contribution in [0.3, 0.4) is 0 Å². The van der Waals surface area contributed by atoms with Gasteiger partial charge in [0.15, 0.2) is 5.75 Å². The molecule has 7 nitrogen and oxygen atoms in total. The van der Waals surface area contributed by atoms with Gasteiger partial charge in [-0.3, -0.25) is 4.79 Å². The second-order valence-corrected chi connectivity index (χ2v) is 7.33. The quantitative estimate of drug-likeness (QED) is 0.835. The molecule has 1 aliphatic heterocycles. The zero-order valence-electron chi connectivity index (χ0n) is 15.4. The van der Waals surface area contributed by atoms with Gasteiger partial charge < -0.3 is 19.3 Å². The van der Waals surface area contributed by atoms with Crippen molar-refractivity contribution in [1.29, 1.82) is 5.26 Å². The predicted molar refractivity (Wildman–Crippen MR) is 101 cm³/mol. The lowest BCUT2D eigenvalue weighted by atomic mass is 9.95. The first-order valence-corrected chi connectivity index (χ1v) is 9.21. The Kier molecular flexibility index (Phi) is 4.06. The summed E-state index contributed by atoms with van der Waals surface area (Å²) in [5.74, 6) is -0.206. The minimum absolute atomic E-state index is 0.157. The molecule has 2 heterocycles. The summed E-state index contributed by atoms with van der Waals surface area (Å²) in [6.07, 6.45) is 3.98. The number of fused-ring (bicyclic) bond motifs is 1. The van der Waals surface area contributed by atoms with Crippen LogP contribution in [0.25, 0.3) is 10.9 Å². The summed E-state index contributed by atoms with van der Waals surface area (Å²) in [6, 6.07) is 2.49. The minimum Gasteiger partial charge on any atom is -0.449 e. The summed E-state index contributed by atoms with van der Waals surface area (Å²) in [5, 5.41) is 19.4. The molecule has 2 aromatic rings. The Bertz CT molecular complexity index is 1050. The van der Waals surface area contributed by atoms with Crippen LogP contribution in [0.2, 0.25) is 0 Å². The summed E-state index contributed by atoms with van der Waals surface area (Å²) in [6.45, 7) is 5.58. The molecule has 0 unspecified atom stereocenters. The molecule has 1 saturated heterocycles. The fourth-order valence-electron chi connectivity index (χ4n) is 4.13. The van der Waals surface area contributed by atoms with Crippen LogP contribution in [0, 0.1) is 25.2 Å². The molecule has 1 aromatic carbocycles. The summed E-state index contributed by atoms with van der Waals surface area (Å²) in [5.41, 5.74) is 3.21. The third-order valence-electron chi connectivity index (χ3n) is 5.64. The van der Waals surface area contributed by atoms with Gasteiger partial charge in [-0.2, -0.15) is 5.26 Å². The van der Waals surface area contributed by atoms with Gasteiger partial charge in [-0.05, 0) is 50.7 Å². The fourth-order valence-corrected chi connectivity index (χ4v) is 4.13. The number of nitrogens with zero attached hydrogens (tertiary/aromatic N) is 3. The van der Waals surface area contributed by atoms with Crippen LogP contribution in [0.1, 0.15) is 48.4 Å².